The van der Waals surface area contributed by atoms with Crippen LogP contribution in [0.2, 0.25) is 0 Å². The summed E-state index contributed by atoms with van der Waals surface area (Å²) in [4.78, 5) is 17.5. The SMILES string of the molecule is CN(Cc1cscn1)Cc1cccc(N)c1C(=O)O. The Balaban J connectivity index is 2.14. The molecule has 5 nitrogen and oxygen atoms in total. The second-order valence-corrected chi connectivity index (χ2v) is 5.06. The molecule has 0 fully saturated rings. The number of thiazole rings is 1. The second-order valence-electron chi connectivity index (χ2n) is 4.34. The summed E-state index contributed by atoms with van der Waals surface area (Å²) in [5, 5.41) is 11.2. The van der Waals surface area contributed by atoms with Gasteiger partial charge in [-0.05, 0) is 18.7 Å². The number of hydrogen-bond acceptors (Lipinski definition) is 5. The Bertz CT molecular complexity index is 569. The van der Waals surface area contributed by atoms with E-state index in [2.05, 4.69) is 4.98 Å². The number of hydrogen-bond donors (Lipinski definition) is 2. The fourth-order valence-electron chi connectivity index (χ4n) is 1.95. The first-order chi connectivity index (χ1) is 9.08. The van der Waals surface area contributed by atoms with E-state index in [4.69, 9.17) is 5.73 Å². The van der Waals surface area contributed by atoms with Gasteiger partial charge in [0.05, 0.1) is 16.8 Å². The van der Waals surface area contributed by atoms with Crippen molar-refractivity contribution < 1.29 is 9.90 Å². The Kier molecular flexibility index (Phi) is 4.13. The molecule has 0 aliphatic rings. The van der Waals surface area contributed by atoms with Gasteiger partial charge in [-0.1, -0.05) is 12.1 Å². The highest BCUT2D eigenvalue weighted by molar-refractivity contribution is 7.07. The zero-order valence-corrected chi connectivity index (χ0v) is 11.4. The van der Waals surface area contributed by atoms with E-state index in [0.29, 0.717) is 24.3 Å². The molecule has 100 valence electrons. The number of carboxylic acid groups (broad SMARTS) is 1. The van der Waals surface area contributed by atoms with E-state index in [-0.39, 0.29) is 5.56 Å². The average Bonchev–Trinajstić information content (AvgIpc) is 2.81. The van der Waals surface area contributed by atoms with Gasteiger partial charge in [0.1, 0.15) is 0 Å². The molecule has 0 unspecified atom stereocenters. The summed E-state index contributed by atoms with van der Waals surface area (Å²) in [6.07, 6.45) is 0. The number of aromatic nitrogens is 1. The lowest BCUT2D eigenvalue weighted by Gasteiger charge is -2.17. The Labute approximate surface area is 115 Å². The van der Waals surface area contributed by atoms with Crippen molar-refractivity contribution in [3.05, 3.63) is 45.9 Å². The van der Waals surface area contributed by atoms with Crippen LogP contribution in [0, 0.1) is 0 Å². The van der Waals surface area contributed by atoms with Crippen molar-refractivity contribution in [1.82, 2.24) is 9.88 Å². The van der Waals surface area contributed by atoms with Crippen LogP contribution in [-0.2, 0) is 13.1 Å². The molecule has 2 aromatic rings. The van der Waals surface area contributed by atoms with Crippen molar-refractivity contribution in [2.75, 3.05) is 12.8 Å². The van der Waals surface area contributed by atoms with Crippen molar-refractivity contribution >= 4 is 23.0 Å². The van der Waals surface area contributed by atoms with Crippen LogP contribution >= 0.6 is 11.3 Å². The highest BCUT2D eigenvalue weighted by atomic mass is 32.1. The van der Waals surface area contributed by atoms with Crippen LogP contribution in [0.1, 0.15) is 21.6 Å². The van der Waals surface area contributed by atoms with Crippen LogP contribution in [0.5, 0.6) is 0 Å². The molecule has 0 aliphatic heterocycles. The van der Waals surface area contributed by atoms with Gasteiger partial charge in [0.2, 0.25) is 0 Å². The zero-order valence-electron chi connectivity index (χ0n) is 10.5. The Hall–Kier alpha value is -1.92. The summed E-state index contributed by atoms with van der Waals surface area (Å²) in [5.41, 5.74) is 9.69. The maximum absolute atomic E-state index is 11.2. The number of nitrogens with zero attached hydrogens (tertiary/aromatic N) is 2. The molecule has 0 aliphatic carbocycles. The van der Waals surface area contributed by atoms with Crippen molar-refractivity contribution in [3.63, 3.8) is 0 Å². The summed E-state index contributed by atoms with van der Waals surface area (Å²) < 4.78 is 0. The van der Waals surface area contributed by atoms with Crippen LogP contribution in [0.15, 0.2) is 29.1 Å². The van der Waals surface area contributed by atoms with E-state index in [1.54, 1.807) is 35.0 Å². The number of nitrogens with two attached hydrogens (primary N) is 1. The minimum absolute atomic E-state index is 0.188. The molecule has 3 N–H and O–H groups in total. The van der Waals surface area contributed by atoms with Crippen molar-refractivity contribution in [2.24, 2.45) is 0 Å². The first-order valence-electron chi connectivity index (χ1n) is 5.74. The molecular weight excluding hydrogens is 262 g/mol. The zero-order chi connectivity index (χ0) is 13.8. The van der Waals surface area contributed by atoms with E-state index in [0.717, 1.165) is 5.69 Å². The number of nitrogen functional groups attached to an aromatic ring is 1. The van der Waals surface area contributed by atoms with Gasteiger partial charge in [-0.3, -0.25) is 4.90 Å². The van der Waals surface area contributed by atoms with Crippen molar-refractivity contribution in [2.45, 2.75) is 13.1 Å². The number of anilines is 1. The predicted molar refractivity (Wildman–Crippen MR) is 75.1 cm³/mol. The first kappa shape index (κ1) is 13.5. The third kappa shape index (κ3) is 3.30. The molecule has 0 spiro atoms. The molecule has 0 saturated carbocycles. The number of aromatic carboxylic acids is 1. The van der Waals surface area contributed by atoms with Crippen LogP contribution in [0.25, 0.3) is 0 Å². The van der Waals surface area contributed by atoms with Gasteiger partial charge in [0.15, 0.2) is 0 Å². The molecule has 0 amide bonds. The first-order valence-corrected chi connectivity index (χ1v) is 6.68. The smallest absolute Gasteiger partial charge is 0.338 e. The lowest BCUT2D eigenvalue weighted by atomic mass is 10.1. The molecule has 1 aromatic carbocycles. The quantitative estimate of drug-likeness (QED) is 0.818. The van der Waals surface area contributed by atoms with Crippen LogP contribution in [-0.4, -0.2) is 28.0 Å². The number of carboxylic acids is 1. The van der Waals surface area contributed by atoms with E-state index >= 15 is 0 Å². The largest absolute Gasteiger partial charge is 0.478 e. The highest BCUT2D eigenvalue weighted by Crippen LogP contribution is 2.19. The Morgan fingerprint density at radius 1 is 1.47 bits per heavy atom. The second kappa shape index (κ2) is 5.81. The highest BCUT2D eigenvalue weighted by Gasteiger charge is 2.15. The average molecular weight is 277 g/mol. The third-order valence-electron chi connectivity index (χ3n) is 2.75. The molecule has 0 radical (unpaired) electrons. The maximum Gasteiger partial charge on any atom is 0.338 e. The lowest BCUT2D eigenvalue weighted by molar-refractivity contribution is 0.0696. The lowest BCUT2D eigenvalue weighted by Crippen LogP contribution is -2.20. The van der Waals surface area contributed by atoms with Crippen molar-refractivity contribution in [3.8, 4) is 0 Å². The van der Waals surface area contributed by atoms with Gasteiger partial charge in [0.25, 0.3) is 0 Å². The minimum Gasteiger partial charge on any atom is -0.478 e. The van der Waals surface area contributed by atoms with Gasteiger partial charge in [0, 0.05) is 24.2 Å². The van der Waals surface area contributed by atoms with E-state index in [9.17, 15) is 9.90 Å². The van der Waals surface area contributed by atoms with E-state index in [1.165, 1.54) is 0 Å². The van der Waals surface area contributed by atoms with Crippen molar-refractivity contribution in [1.29, 1.82) is 0 Å². The van der Waals surface area contributed by atoms with Crippen LogP contribution < -0.4 is 5.73 Å². The minimum atomic E-state index is -0.991. The molecule has 19 heavy (non-hydrogen) atoms. The monoisotopic (exact) mass is 277 g/mol. The number of carbonyl (C=O) groups is 1. The maximum atomic E-state index is 11.2. The van der Waals surface area contributed by atoms with Crippen LogP contribution in [0.3, 0.4) is 0 Å². The molecule has 2 rings (SSSR count). The summed E-state index contributed by atoms with van der Waals surface area (Å²) >= 11 is 1.55. The standard InChI is InChI=1S/C13H15N3O2S/c1-16(6-10-7-19-8-15-10)5-9-3-2-4-11(14)12(9)13(17)18/h2-4,7-8H,5-6,14H2,1H3,(H,17,18). The predicted octanol–water partition coefficient (Wildman–Crippen LogP) is 2.06. The normalized spacial score (nSPS) is 10.8. The number of rotatable bonds is 5. The fraction of sp³-hybridized carbons (Fsp3) is 0.231. The third-order valence-corrected chi connectivity index (χ3v) is 3.39. The van der Waals surface area contributed by atoms with Gasteiger partial charge in [-0.2, -0.15) is 0 Å². The molecular formula is C13H15N3O2S. The topological polar surface area (TPSA) is 79.5 Å². The number of benzene rings is 1. The summed E-state index contributed by atoms with van der Waals surface area (Å²) in [7, 11) is 1.92. The summed E-state index contributed by atoms with van der Waals surface area (Å²) in [6.45, 7) is 1.20. The van der Waals surface area contributed by atoms with E-state index in [1.807, 2.05) is 17.3 Å². The summed E-state index contributed by atoms with van der Waals surface area (Å²) in [5.74, 6) is -0.991. The molecule has 0 saturated heterocycles. The van der Waals surface area contributed by atoms with Gasteiger partial charge < -0.3 is 10.8 Å². The molecule has 0 bridgehead atoms. The van der Waals surface area contributed by atoms with E-state index < -0.39 is 5.97 Å². The van der Waals surface area contributed by atoms with Gasteiger partial charge >= 0.3 is 5.97 Å². The molecule has 1 aromatic heterocycles. The molecule has 0 atom stereocenters. The van der Waals surface area contributed by atoms with Crippen LogP contribution in [0.4, 0.5) is 5.69 Å². The Morgan fingerprint density at radius 3 is 2.89 bits per heavy atom. The van der Waals surface area contributed by atoms with Gasteiger partial charge in [-0.15, -0.1) is 11.3 Å². The Morgan fingerprint density at radius 2 is 2.26 bits per heavy atom. The summed E-state index contributed by atoms with van der Waals surface area (Å²) in [6, 6.07) is 5.17. The van der Waals surface area contributed by atoms with Gasteiger partial charge in [-0.25, -0.2) is 9.78 Å². The molecule has 6 heteroatoms. The fourth-order valence-corrected chi connectivity index (χ4v) is 2.50. The molecule has 1 heterocycles.